The highest BCUT2D eigenvalue weighted by molar-refractivity contribution is 7.11. The molecule has 0 aromatic carbocycles. The molecule has 138 valence electrons. The summed E-state index contributed by atoms with van der Waals surface area (Å²) in [7, 11) is 0. The number of amides is 2. The second-order valence-corrected chi connectivity index (χ2v) is 7.88. The van der Waals surface area contributed by atoms with Crippen LogP contribution in [0.25, 0.3) is 0 Å². The third-order valence-electron chi connectivity index (χ3n) is 4.84. The molecule has 1 aromatic heterocycles. The first-order valence-electron chi connectivity index (χ1n) is 9.34. The van der Waals surface area contributed by atoms with Gasteiger partial charge in [0, 0.05) is 36.9 Å². The number of hydrogen-bond acceptors (Lipinski definition) is 5. The van der Waals surface area contributed by atoms with Crippen molar-refractivity contribution in [2.75, 3.05) is 19.7 Å². The molecule has 3 rings (SSSR count). The van der Waals surface area contributed by atoms with Crippen molar-refractivity contribution in [1.82, 2.24) is 15.2 Å². The molecule has 1 fully saturated rings. The maximum Gasteiger partial charge on any atom is 0.409 e. The first-order chi connectivity index (χ1) is 12.2. The smallest absolute Gasteiger partial charge is 0.409 e. The number of aryl methyl sites for hydroxylation is 3. The number of fused-ring (bicyclic) bond motifs is 1. The first-order valence-corrected chi connectivity index (χ1v) is 10.2. The van der Waals surface area contributed by atoms with Crippen molar-refractivity contribution in [3.63, 3.8) is 0 Å². The molecule has 0 unspecified atom stereocenters. The Kier molecular flexibility index (Phi) is 6.29. The highest BCUT2D eigenvalue weighted by Crippen LogP contribution is 2.27. The van der Waals surface area contributed by atoms with Gasteiger partial charge in [0.1, 0.15) is 0 Å². The van der Waals surface area contributed by atoms with Crippen LogP contribution in [0.4, 0.5) is 4.79 Å². The van der Waals surface area contributed by atoms with Crippen LogP contribution in [0.1, 0.15) is 54.6 Å². The molecule has 0 bridgehead atoms. The van der Waals surface area contributed by atoms with E-state index in [1.54, 1.807) is 16.2 Å². The number of likely N-dealkylation sites (tertiary alicyclic amines) is 1. The third kappa shape index (κ3) is 4.93. The van der Waals surface area contributed by atoms with Gasteiger partial charge >= 0.3 is 6.09 Å². The van der Waals surface area contributed by atoms with Crippen molar-refractivity contribution in [2.45, 2.75) is 64.3 Å². The molecular weight excluding hydrogens is 338 g/mol. The van der Waals surface area contributed by atoms with E-state index in [1.165, 1.54) is 23.4 Å². The van der Waals surface area contributed by atoms with Gasteiger partial charge in [-0.15, -0.1) is 11.3 Å². The molecular formula is C18H27N3O3S. The number of hydrogen-bond donors (Lipinski definition) is 1. The van der Waals surface area contributed by atoms with Crippen LogP contribution in [-0.2, 0) is 28.8 Å². The Morgan fingerprint density at radius 3 is 2.76 bits per heavy atom. The molecule has 0 radical (unpaired) electrons. The minimum absolute atomic E-state index is 0.0859. The zero-order valence-electron chi connectivity index (χ0n) is 14.9. The minimum atomic E-state index is -0.250. The molecule has 1 aliphatic carbocycles. The van der Waals surface area contributed by atoms with E-state index in [4.69, 9.17) is 9.72 Å². The van der Waals surface area contributed by atoms with E-state index in [0.29, 0.717) is 26.1 Å². The van der Waals surface area contributed by atoms with E-state index >= 15 is 0 Å². The molecule has 0 atom stereocenters. The van der Waals surface area contributed by atoms with Crippen LogP contribution >= 0.6 is 11.3 Å². The van der Waals surface area contributed by atoms with Crippen molar-refractivity contribution >= 4 is 23.3 Å². The minimum Gasteiger partial charge on any atom is -0.450 e. The molecule has 1 aliphatic heterocycles. The maximum absolute atomic E-state index is 12.2. The Morgan fingerprint density at radius 2 is 2.04 bits per heavy atom. The van der Waals surface area contributed by atoms with Gasteiger partial charge in [-0.3, -0.25) is 4.79 Å². The van der Waals surface area contributed by atoms with Crippen LogP contribution < -0.4 is 5.32 Å². The van der Waals surface area contributed by atoms with E-state index in [2.05, 4.69) is 5.32 Å². The summed E-state index contributed by atoms with van der Waals surface area (Å²) >= 11 is 1.78. The molecule has 0 spiro atoms. The zero-order chi connectivity index (χ0) is 17.6. The fourth-order valence-electron chi connectivity index (χ4n) is 3.45. The van der Waals surface area contributed by atoms with Gasteiger partial charge in [0.05, 0.1) is 17.3 Å². The number of nitrogens with zero attached hydrogens (tertiary/aromatic N) is 2. The number of thiazole rings is 1. The summed E-state index contributed by atoms with van der Waals surface area (Å²) < 4.78 is 5.01. The molecule has 6 nitrogen and oxygen atoms in total. The largest absolute Gasteiger partial charge is 0.450 e. The Balaban J connectivity index is 1.38. The lowest BCUT2D eigenvalue weighted by molar-refractivity contribution is -0.122. The SMILES string of the molecule is CCOC(=O)N1CCC(NC(=O)CCc2nc3c(s2)CCCC3)CC1. The number of carbonyl (C=O) groups is 2. The van der Waals surface area contributed by atoms with E-state index in [9.17, 15) is 9.59 Å². The van der Waals surface area contributed by atoms with E-state index in [1.807, 2.05) is 6.92 Å². The van der Waals surface area contributed by atoms with Crippen LogP contribution in [0.15, 0.2) is 0 Å². The van der Waals surface area contributed by atoms with E-state index in [0.717, 1.165) is 37.1 Å². The lowest BCUT2D eigenvalue weighted by atomic mass is 10.0. The number of piperidine rings is 1. The van der Waals surface area contributed by atoms with Gasteiger partial charge in [-0.2, -0.15) is 0 Å². The van der Waals surface area contributed by atoms with Crippen LogP contribution in [-0.4, -0.2) is 47.6 Å². The quantitative estimate of drug-likeness (QED) is 0.871. The number of carbonyl (C=O) groups excluding carboxylic acids is 2. The number of nitrogens with one attached hydrogen (secondary N) is 1. The van der Waals surface area contributed by atoms with Crippen molar-refractivity contribution in [3.05, 3.63) is 15.6 Å². The van der Waals surface area contributed by atoms with Crippen molar-refractivity contribution < 1.29 is 14.3 Å². The predicted octanol–water partition coefficient (Wildman–Crippen LogP) is 2.69. The van der Waals surface area contributed by atoms with E-state index < -0.39 is 0 Å². The number of ether oxygens (including phenoxy) is 1. The first kappa shape index (κ1) is 18.2. The summed E-state index contributed by atoms with van der Waals surface area (Å²) in [6, 6.07) is 0.155. The van der Waals surface area contributed by atoms with E-state index in [-0.39, 0.29) is 18.0 Å². The Bertz CT molecular complexity index is 585. The molecule has 7 heteroatoms. The Labute approximate surface area is 153 Å². The fraction of sp³-hybridized carbons (Fsp3) is 0.722. The van der Waals surface area contributed by atoms with Gasteiger partial charge in [0.2, 0.25) is 5.91 Å². The second kappa shape index (κ2) is 8.65. The summed E-state index contributed by atoms with van der Waals surface area (Å²) in [5, 5.41) is 4.20. The highest BCUT2D eigenvalue weighted by atomic mass is 32.1. The molecule has 1 N–H and O–H groups in total. The Hall–Kier alpha value is -1.63. The summed E-state index contributed by atoms with van der Waals surface area (Å²) in [6.45, 7) is 3.49. The monoisotopic (exact) mass is 365 g/mol. The third-order valence-corrected chi connectivity index (χ3v) is 6.06. The molecule has 2 heterocycles. The Morgan fingerprint density at radius 1 is 1.28 bits per heavy atom. The predicted molar refractivity (Wildman–Crippen MR) is 96.8 cm³/mol. The van der Waals surface area contributed by atoms with Crippen molar-refractivity contribution in [1.29, 1.82) is 0 Å². The van der Waals surface area contributed by atoms with Gasteiger partial charge in [-0.05, 0) is 45.4 Å². The zero-order valence-corrected chi connectivity index (χ0v) is 15.7. The van der Waals surface area contributed by atoms with Gasteiger partial charge in [0.15, 0.2) is 0 Å². The summed E-state index contributed by atoms with van der Waals surface area (Å²) in [5.74, 6) is 0.0859. The van der Waals surface area contributed by atoms with Gasteiger partial charge in [-0.25, -0.2) is 9.78 Å². The highest BCUT2D eigenvalue weighted by Gasteiger charge is 2.24. The topological polar surface area (TPSA) is 71.5 Å². The lowest BCUT2D eigenvalue weighted by Gasteiger charge is -2.31. The summed E-state index contributed by atoms with van der Waals surface area (Å²) in [6.07, 6.45) is 7.29. The van der Waals surface area contributed by atoms with Crippen molar-refractivity contribution in [2.24, 2.45) is 0 Å². The van der Waals surface area contributed by atoms with Crippen molar-refractivity contribution in [3.8, 4) is 0 Å². The van der Waals surface area contributed by atoms with Crippen LogP contribution in [0.2, 0.25) is 0 Å². The van der Waals surface area contributed by atoms with Crippen LogP contribution in [0.3, 0.4) is 0 Å². The second-order valence-electron chi connectivity index (χ2n) is 6.71. The van der Waals surface area contributed by atoms with Gasteiger partial charge in [0.25, 0.3) is 0 Å². The lowest BCUT2D eigenvalue weighted by Crippen LogP contribution is -2.46. The molecule has 2 amide bonds. The average molecular weight is 365 g/mol. The maximum atomic E-state index is 12.2. The number of rotatable bonds is 5. The van der Waals surface area contributed by atoms with Crippen LogP contribution in [0.5, 0.6) is 0 Å². The number of aromatic nitrogens is 1. The summed E-state index contributed by atoms with van der Waals surface area (Å²) in [5.41, 5.74) is 1.26. The molecule has 25 heavy (non-hydrogen) atoms. The summed E-state index contributed by atoms with van der Waals surface area (Å²) in [4.78, 5) is 31.7. The molecule has 2 aliphatic rings. The van der Waals surface area contributed by atoms with Crippen LogP contribution in [0, 0.1) is 0 Å². The molecule has 1 aromatic rings. The van der Waals surface area contributed by atoms with Gasteiger partial charge < -0.3 is 15.0 Å². The standard InChI is InChI=1S/C18H27N3O3S/c1-2-24-18(23)21-11-9-13(10-12-21)19-16(22)7-8-17-20-14-5-3-4-6-15(14)25-17/h13H,2-12H2,1H3,(H,19,22). The molecule has 1 saturated heterocycles. The normalized spacial score (nSPS) is 17.9. The van der Waals surface area contributed by atoms with Gasteiger partial charge in [-0.1, -0.05) is 0 Å². The fourth-order valence-corrected chi connectivity index (χ4v) is 4.61. The average Bonchev–Trinajstić information content (AvgIpc) is 3.04. The molecule has 0 saturated carbocycles.